The number of hydrogen-bond acceptors (Lipinski definition) is 4. The smallest absolute Gasteiger partial charge is 0.161 e. The SMILES string of the molecule is Cc1ccc(-c2nc3c(c(NC4CCCC4)n2)NCCC3)cc1. The summed E-state index contributed by atoms with van der Waals surface area (Å²) in [4.78, 5) is 9.70. The molecule has 2 aromatic rings. The Balaban J connectivity index is 1.73. The molecule has 0 bridgehead atoms. The maximum absolute atomic E-state index is 4.86. The maximum Gasteiger partial charge on any atom is 0.161 e. The fourth-order valence-electron chi connectivity index (χ4n) is 3.54. The van der Waals surface area contributed by atoms with Crippen molar-refractivity contribution in [3.63, 3.8) is 0 Å². The van der Waals surface area contributed by atoms with Crippen LogP contribution in [0.3, 0.4) is 0 Å². The molecule has 4 rings (SSSR count). The Morgan fingerprint density at radius 1 is 1.04 bits per heavy atom. The van der Waals surface area contributed by atoms with Gasteiger partial charge in [0, 0.05) is 18.2 Å². The second-order valence-electron chi connectivity index (χ2n) is 6.74. The predicted molar refractivity (Wildman–Crippen MR) is 94.9 cm³/mol. The minimum atomic E-state index is 0.559. The number of nitrogens with zero attached hydrogens (tertiary/aromatic N) is 2. The molecule has 0 atom stereocenters. The van der Waals surface area contributed by atoms with E-state index in [4.69, 9.17) is 9.97 Å². The molecule has 0 unspecified atom stereocenters. The Hall–Kier alpha value is -2.10. The zero-order valence-electron chi connectivity index (χ0n) is 13.7. The van der Waals surface area contributed by atoms with Crippen molar-refractivity contribution in [2.24, 2.45) is 0 Å². The van der Waals surface area contributed by atoms with Gasteiger partial charge in [-0.2, -0.15) is 0 Å². The number of aryl methyl sites for hydroxylation is 2. The van der Waals surface area contributed by atoms with Crippen LogP contribution in [0.4, 0.5) is 11.5 Å². The van der Waals surface area contributed by atoms with E-state index in [9.17, 15) is 0 Å². The van der Waals surface area contributed by atoms with Gasteiger partial charge in [-0.05, 0) is 32.6 Å². The van der Waals surface area contributed by atoms with Crippen LogP contribution in [0.25, 0.3) is 11.4 Å². The van der Waals surface area contributed by atoms with E-state index < -0.39 is 0 Å². The summed E-state index contributed by atoms with van der Waals surface area (Å²) in [5, 5.41) is 7.18. The summed E-state index contributed by atoms with van der Waals surface area (Å²) in [5.41, 5.74) is 4.64. The highest BCUT2D eigenvalue weighted by Gasteiger charge is 2.22. The van der Waals surface area contributed by atoms with E-state index in [1.54, 1.807) is 0 Å². The van der Waals surface area contributed by atoms with Crippen LogP contribution in [0, 0.1) is 6.92 Å². The van der Waals surface area contributed by atoms with Crippen LogP contribution in [0.5, 0.6) is 0 Å². The summed E-state index contributed by atoms with van der Waals surface area (Å²) in [6.07, 6.45) is 7.31. The molecule has 4 heteroatoms. The molecule has 2 heterocycles. The fourth-order valence-corrected chi connectivity index (χ4v) is 3.54. The van der Waals surface area contributed by atoms with Gasteiger partial charge in [-0.1, -0.05) is 42.7 Å². The van der Waals surface area contributed by atoms with Crippen LogP contribution in [0.15, 0.2) is 24.3 Å². The molecule has 23 heavy (non-hydrogen) atoms. The molecule has 0 spiro atoms. The van der Waals surface area contributed by atoms with E-state index in [-0.39, 0.29) is 0 Å². The van der Waals surface area contributed by atoms with Crippen molar-refractivity contribution >= 4 is 11.5 Å². The summed E-state index contributed by atoms with van der Waals surface area (Å²) < 4.78 is 0. The molecule has 1 aromatic carbocycles. The van der Waals surface area contributed by atoms with Gasteiger partial charge in [-0.15, -0.1) is 0 Å². The van der Waals surface area contributed by atoms with Crippen molar-refractivity contribution < 1.29 is 0 Å². The van der Waals surface area contributed by atoms with Crippen molar-refractivity contribution in [3.8, 4) is 11.4 Å². The lowest BCUT2D eigenvalue weighted by Gasteiger charge is -2.23. The Bertz CT molecular complexity index is 687. The van der Waals surface area contributed by atoms with Gasteiger partial charge in [0.05, 0.1) is 11.4 Å². The number of hydrogen-bond donors (Lipinski definition) is 2. The van der Waals surface area contributed by atoms with Gasteiger partial charge in [-0.25, -0.2) is 9.97 Å². The van der Waals surface area contributed by atoms with E-state index in [1.165, 1.54) is 31.2 Å². The average Bonchev–Trinajstić information content (AvgIpc) is 3.08. The van der Waals surface area contributed by atoms with Gasteiger partial charge in [0.25, 0.3) is 0 Å². The topological polar surface area (TPSA) is 49.8 Å². The molecule has 2 aliphatic rings. The Morgan fingerprint density at radius 3 is 2.61 bits per heavy atom. The lowest BCUT2D eigenvalue weighted by atomic mass is 10.1. The van der Waals surface area contributed by atoms with Crippen LogP contribution in [0.1, 0.15) is 43.4 Å². The highest BCUT2D eigenvalue weighted by Crippen LogP contribution is 2.32. The first kappa shape index (κ1) is 14.5. The Morgan fingerprint density at radius 2 is 1.83 bits per heavy atom. The van der Waals surface area contributed by atoms with Gasteiger partial charge >= 0.3 is 0 Å². The molecule has 1 aliphatic carbocycles. The van der Waals surface area contributed by atoms with Crippen molar-refractivity contribution in [2.45, 2.75) is 51.5 Å². The van der Waals surface area contributed by atoms with Crippen LogP contribution < -0.4 is 10.6 Å². The van der Waals surface area contributed by atoms with E-state index in [1.807, 2.05) is 0 Å². The average molecular weight is 308 g/mol. The molecule has 2 N–H and O–H groups in total. The first-order chi connectivity index (χ1) is 11.3. The van der Waals surface area contributed by atoms with Crippen molar-refractivity contribution in [1.82, 2.24) is 9.97 Å². The van der Waals surface area contributed by atoms with Crippen LogP contribution in [-0.2, 0) is 6.42 Å². The van der Waals surface area contributed by atoms with Gasteiger partial charge < -0.3 is 10.6 Å². The summed E-state index contributed by atoms with van der Waals surface area (Å²) in [5.74, 6) is 1.84. The summed E-state index contributed by atoms with van der Waals surface area (Å²) >= 11 is 0. The summed E-state index contributed by atoms with van der Waals surface area (Å²) in [6, 6.07) is 9.05. The second-order valence-corrected chi connectivity index (χ2v) is 6.74. The third-order valence-electron chi connectivity index (χ3n) is 4.88. The molecule has 0 radical (unpaired) electrons. The zero-order chi connectivity index (χ0) is 15.6. The number of benzene rings is 1. The molecule has 0 amide bonds. The third-order valence-corrected chi connectivity index (χ3v) is 4.88. The number of nitrogens with one attached hydrogen (secondary N) is 2. The molecule has 120 valence electrons. The molecule has 1 fully saturated rings. The van der Waals surface area contributed by atoms with Gasteiger partial charge in [0.2, 0.25) is 0 Å². The van der Waals surface area contributed by atoms with Crippen LogP contribution in [0.2, 0.25) is 0 Å². The number of aromatic nitrogens is 2. The summed E-state index contributed by atoms with van der Waals surface area (Å²) in [6.45, 7) is 3.12. The van der Waals surface area contributed by atoms with Crippen LogP contribution in [-0.4, -0.2) is 22.6 Å². The van der Waals surface area contributed by atoms with E-state index in [0.29, 0.717) is 6.04 Å². The van der Waals surface area contributed by atoms with E-state index >= 15 is 0 Å². The molecular weight excluding hydrogens is 284 g/mol. The Kier molecular flexibility index (Phi) is 3.90. The van der Waals surface area contributed by atoms with Crippen molar-refractivity contribution in [3.05, 3.63) is 35.5 Å². The summed E-state index contributed by atoms with van der Waals surface area (Å²) in [7, 11) is 0. The molecule has 0 saturated heterocycles. The number of anilines is 2. The maximum atomic E-state index is 4.86. The number of fused-ring (bicyclic) bond motifs is 1. The van der Waals surface area contributed by atoms with Crippen LogP contribution >= 0.6 is 0 Å². The molecular formula is C19H24N4. The molecule has 1 aliphatic heterocycles. The normalized spacial score (nSPS) is 17.6. The van der Waals surface area contributed by atoms with Crippen molar-refractivity contribution in [2.75, 3.05) is 17.2 Å². The molecule has 1 aromatic heterocycles. The third kappa shape index (κ3) is 3.03. The van der Waals surface area contributed by atoms with Gasteiger partial charge in [0.1, 0.15) is 0 Å². The molecule has 1 saturated carbocycles. The van der Waals surface area contributed by atoms with Crippen molar-refractivity contribution in [1.29, 1.82) is 0 Å². The first-order valence-electron chi connectivity index (χ1n) is 8.78. The fraction of sp³-hybridized carbons (Fsp3) is 0.474. The van der Waals surface area contributed by atoms with E-state index in [2.05, 4.69) is 41.8 Å². The second kappa shape index (κ2) is 6.19. The Labute approximate surface area is 137 Å². The standard InChI is InChI=1S/C19H24N4/c1-13-8-10-14(11-9-13)18-22-16-7-4-12-20-17(16)19(23-18)21-15-5-2-3-6-15/h8-11,15,20H,2-7,12H2,1H3,(H,21,22,23). The van der Waals surface area contributed by atoms with E-state index in [0.717, 1.165) is 48.0 Å². The monoisotopic (exact) mass is 308 g/mol. The van der Waals surface area contributed by atoms with Gasteiger partial charge in [0.15, 0.2) is 11.6 Å². The lowest BCUT2D eigenvalue weighted by molar-refractivity contribution is 0.743. The highest BCUT2D eigenvalue weighted by atomic mass is 15.1. The first-order valence-corrected chi connectivity index (χ1v) is 8.78. The highest BCUT2D eigenvalue weighted by molar-refractivity contribution is 5.72. The minimum absolute atomic E-state index is 0.559. The predicted octanol–water partition coefficient (Wildman–Crippen LogP) is 4.16. The minimum Gasteiger partial charge on any atom is -0.381 e. The lowest BCUT2D eigenvalue weighted by Crippen LogP contribution is -2.21. The largest absolute Gasteiger partial charge is 0.381 e. The van der Waals surface area contributed by atoms with Gasteiger partial charge in [-0.3, -0.25) is 0 Å². The molecule has 4 nitrogen and oxygen atoms in total. The zero-order valence-corrected chi connectivity index (χ0v) is 13.7. The number of rotatable bonds is 3. The quantitative estimate of drug-likeness (QED) is 0.893.